The quantitative estimate of drug-likeness (QED) is 0.472. The van der Waals surface area contributed by atoms with Crippen molar-refractivity contribution < 1.29 is 14.3 Å². The summed E-state index contributed by atoms with van der Waals surface area (Å²) in [6.45, 7) is 5.13. The van der Waals surface area contributed by atoms with Crippen LogP contribution >= 0.6 is 0 Å². The molecular formula is C9H14O3. The molecule has 0 fully saturated rings. The summed E-state index contributed by atoms with van der Waals surface area (Å²) < 4.78 is 4.63. The Bertz CT molecular complexity index is 192. The molecule has 0 saturated carbocycles. The van der Waals surface area contributed by atoms with Crippen molar-refractivity contribution in [2.75, 3.05) is 6.61 Å². The molecule has 3 nitrogen and oxygen atoms in total. The first kappa shape index (κ1) is 10.9. The fourth-order valence-electron chi connectivity index (χ4n) is 0.493. The van der Waals surface area contributed by atoms with Gasteiger partial charge in [0, 0.05) is 12.0 Å². The number of hydrogen-bond acceptors (Lipinski definition) is 3. The van der Waals surface area contributed by atoms with Gasteiger partial charge >= 0.3 is 5.97 Å². The van der Waals surface area contributed by atoms with E-state index in [1.807, 2.05) is 0 Å². The van der Waals surface area contributed by atoms with Crippen molar-refractivity contribution in [2.45, 2.75) is 20.8 Å². The van der Waals surface area contributed by atoms with Crippen LogP contribution in [0.2, 0.25) is 0 Å². The molecule has 12 heavy (non-hydrogen) atoms. The van der Waals surface area contributed by atoms with Crippen molar-refractivity contribution >= 4 is 11.8 Å². The van der Waals surface area contributed by atoms with Crippen LogP contribution < -0.4 is 0 Å². The highest BCUT2D eigenvalue weighted by Crippen LogP contribution is 1.94. The van der Waals surface area contributed by atoms with E-state index in [0.29, 0.717) is 0 Å². The number of ether oxygens (including phenoxy) is 1. The SMILES string of the molecule is C/C=C/C(=O)OCC(=O)C(C)C. The molecule has 0 aliphatic rings. The van der Waals surface area contributed by atoms with Crippen molar-refractivity contribution in [3.05, 3.63) is 12.2 Å². The lowest BCUT2D eigenvalue weighted by molar-refractivity contribution is -0.144. The molecule has 0 spiro atoms. The monoisotopic (exact) mass is 170 g/mol. The average Bonchev–Trinajstić information content (AvgIpc) is 2.00. The van der Waals surface area contributed by atoms with E-state index < -0.39 is 5.97 Å². The van der Waals surface area contributed by atoms with Gasteiger partial charge in [0.15, 0.2) is 12.4 Å². The molecule has 0 aromatic heterocycles. The summed E-state index contributed by atoms with van der Waals surface area (Å²) in [7, 11) is 0. The Kier molecular flexibility index (Phi) is 5.00. The largest absolute Gasteiger partial charge is 0.455 e. The van der Waals surface area contributed by atoms with Crippen LogP contribution in [0.15, 0.2) is 12.2 Å². The second-order valence-corrected chi connectivity index (χ2v) is 2.73. The molecule has 0 aromatic carbocycles. The summed E-state index contributed by atoms with van der Waals surface area (Å²) in [5.74, 6) is -0.609. The Morgan fingerprint density at radius 2 is 2.00 bits per heavy atom. The lowest BCUT2D eigenvalue weighted by Crippen LogP contribution is -2.16. The molecule has 0 N–H and O–H groups in total. The van der Waals surface area contributed by atoms with Crippen LogP contribution in [-0.4, -0.2) is 18.4 Å². The second-order valence-electron chi connectivity index (χ2n) is 2.73. The minimum absolute atomic E-state index is 0.0622. The average molecular weight is 170 g/mol. The Labute approximate surface area is 72.4 Å². The zero-order valence-electron chi connectivity index (χ0n) is 7.66. The molecular weight excluding hydrogens is 156 g/mol. The number of rotatable bonds is 4. The van der Waals surface area contributed by atoms with E-state index in [0.717, 1.165) is 0 Å². The Morgan fingerprint density at radius 3 is 2.42 bits per heavy atom. The van der Waals surface area contributed by atoms with Crippen molar-refractivity contribution in [3.63, 3.8) is 0 Å². The fourth-order valence-corrected chi connectivity index (χ4v) is 0.493. The van der Waals surface area contributed by atoms with Gasteiger partial charge in [-0.15, -0.1) is 0 Å². The summed E-state index contributed by atoms with van der Waals surface area (Å²) in [6, 6.07) is 0. The smallest absolute Gasteiger partial charge is 0.330 e. The standard InChI is InChI=1S/C9H14O3/c1-4-5-9(11)12-6-8(10)7(2)3/h4-5,7H,6H2,1-3H3/b5-4+. The van der Waals surface area contributed by atoms with Crippen LogP contribution in [0, 0.1) is 5.92 Å². The van der Waals surface area contributed by atoms with Gasteiger partial charge in [-0.05, 0) is 6.92 Å². The summed E-state index contributed by atoms with van der Waals surface area (Å²) in [6.07, 6.45) is 2.86. The minimum atomic E-state index is -0.466. The van der Waals surface area contributed by atoms with Crippen LogP contribution in [0.4, 0.5) is 0 Å². The molecule has 0 bridgehead atoms. The first-order chi connectivity index (χ1) is 5.57. The number of ketones is 1. The summed E-state index contributed by atoms with van der Waals surface area (Å²) in [5, 5.41) is 0. The predicted octanol–water partition coefficient (Wildman–Crippen LogP) is 1.33. The van der Waals surface area contributed by atoms with Crippen LogP contribution in [0.5, 0.6) is 0 Å². The molecule has 0 heterocycles. The molecule has 0 aliphatic carbocycles. The molecule has 0 aliphatic heterocycles. The molecule has 3 heteroatoms. The molecule has 68 valence electrons. The highest BCUT2D eigenvalue weighted by molar-refractivity contribution is 5.87. The maximum absolute atomic E-state index is 11.0. The Balaban J connectivity index is 3.69. The van der Waals surface area contributed by atoms with Gasteiger partial charge in [-0.25, -0.2) is 4.79 Å². The van der Waals surface area contributed by atoms with Crippen molar-refractivity contribution in [1.82, 2.24) is 0 Å². The summed E-state index contributed by atoms with van der Waals surface area (Å²) in [4.78, 5) is 21.7. The van der Waals surface area contributed by atoms with Gasteiger partial charge in [-0.3, -0.25) is 4.79 Å². The fraction of sp³-hybridized carbons (Fsp3) is 0.556. The van der Waals surface area contributed by atoms with Crippen molar-refractivity contribution in [1.29, 1.82) is 0 Å². The first-order valence-electron chi connectivity index (χ1n) is 3.90. The van der Waals surface area contributed by atoms with Crippen molar-refractivity contribution in [3.8, 4) is 0 Å². The molecule has 0 aromatic rings. The van der Waals surface area contributed by atoms with E-state index in [-0.39, 0.29) is 18.3 Å². The predicted molar refractivity (Wildman–Crippen MR) is 45.6 cm³/mol. The lowest BCUT2D eigenvalue weighted by atomic mass is 10.1. The number of carbonyl (C=O) groups is 2. The first-order valence-corrected chi connectivity index (χ1v) is 3.90. The zero-order chi connectivity index (χ0) is 9.56. The van der Waals surface area contributed by atoms with Gasteiger partial charge in [0.25, 0.3) is 0 Å². The number of carbonyl (C=O) groups excluding carboxylic acids is 2. The van der Waals surface area contributed by atoms with Gasteiger partial charge in [0.1, 0.15) is 0 Å². The minimum Gasteiger partial charge on any atom is -0.455 e. The van der Waals surface area contributed by atoms with Crippen molar-refractivity contribution in [2.24, 2.45) is 5.92 Å². The van der Waals surface area contributed by atoms with Gasteiger partial charge in [0.05, 0.1) is 0 Å². The van der Waals surface area contributed by atoms with E-state index >= 15 is 0 Å². The van der Waals surface area contributed by atoms with Gasteiger partial charge < -0.3 is 4.74 Å². The van der Waals surface area contributed by atoms with Gasteiger partial charge in [-0.1, -0.05) is 19.9 Å². The van der Waals surface area contributed by atoms with Gasteiger partial charge in [-0.2, -0.15) is 0 Å². The van der Waals surface area contributed by atoms with Crippen LogP contribution in [-0.2, 0) is 14.3 Å². The van der Waals surface area contributed by atoms with E-state index in [9.17, 15) is 9.59 Å². The zero-order valence-corrected chi connectivity index (χ0v) is 7.66. The van der Waals surface area contributed by atoms with Crippen LogP contribution in [0.3, 0.4) is 0 Å². The maximum atomic E-state index is 11.0. The highest BCUT2D eigenvalue weighted by atomic mass is 16.5. The number of hydrogen-bond donors (Lipinski definition) is 0. The Hall–Kier alpha value is -1.12. The molecule has 0 saturated heterocycles. The highest BCUT2D eigenvalue weighted by Gasteiger charge is 2.08. The third kappa shape index (κ3) is 4.66. The molecule has 0 amide bonds. The maximum Gasteiger partial charge on any atom is 0.330 e. The number of Topliss-reactive ketones (excluding diaryl/α,β-unsaturated/α-hetero) is 1. The lowest BCUT2D eigenvalue weighted by Gasteiger charge is -2.03. The normalized spacial score (nSPS) is 10.7. The molecule has 0 unspecified atom stereocenters. The topological polar surface area (TPSA) is 43.4 Å². The number of esters is 1. The molecule has 0 radical (unpaired) electrons. The third-order valence-corrected chi connectivity index (χ3v) is 1.30. The summed E-state index contributed by atoms with van der Waals surface area (Å²) in [5.41, 5.74) is 0. The molecule has 0 atom stereocenters. The second kappa shape index (κ2) is 5.52. The van der Waals surface area contributed by atoms with Gasteiger partial charge in [0.2, 0.25) is 0 Å². The summed E-state index contributed by atoms with van der Waals surface area (Å²) >= 11 is 0. The van der Waals surface area contributed by atoms with E-state index in [2.05, 4.69) is 4.74 Å². The third-order valence-electron chi connectivity index (χ3n) is 1.30. The van der Waals surface area contributed by atoms with Crippen LogP contribution in [0.1, 0.15) is 20.8 Å². The van der Waals surface area contributed by atoms with E-state index in [1.165, 1.54) is 6.08 Å². The number of allylic oxidation sites excluding steroid dienone is 1. The Morgan fingerprint density at radius 1 is 1.42 bits per heavy atom. The van der Waals surface area contributed by atoms with E-state index in [1.54, 1.807) is 26.8 Å². The molecule has 0 rings (SSSR count). The van der Waals surface area contributed by atoms with E-state index in [4.69, 9.17) is 0 Å². The van der Waals surface area contributed by atoms with Crippen LogP contribution in [0.25, 0.3) is 0 Å².